The molecule has 2 heteroatoms. The Labute approximate surface area is 146 Å². The number of carbonyl (C=O) groups is 1. The molecular weight excluding hydrogens is 284 g/mol. The van der Waals surface area contributed by atoms with Gasteiger partial charge in [-0.1, -0.05) is 25.5 Å². The molecule has 128 valence electrons. The number of rotatable bonds is 1. The zero-order chi connectivity index (χ0) is 19.8. The summed E-state index contributed by atoms with van der Waals surface area (Å²) >= 11 is 0. The first-order valence-corrected chi connectivity index (χ1v) is 9.36. The summed E-state index contributed by atoms with van der Waals surface area (Å²) in [5, 5.41) is 10.1. The van der Waals surface area contributed by atoms with Gasteiger partial charge in [-0.2, -0.15) is 0 Å². The van der Waals surface area contributed by atoms with Crippen molar-refractivity contribution in [2.75, 3.05) is 0 Å². The van der Waals surface area contributed by atoms with Crippen molar-refractivity contribution in [2.24, 2.45) is 34.5 Å². The predicted octanol–water partition coefficient (Wildman–Crippen LogP) is 4.52. The van der Waals surface area contributed by atoms with Gasteiger partial charge in [-0.05, 0) is 86.8 Å². The van der Waals surface area contributed by atoms with E-state index in [0.717, 1.165) is 44.9 Å². The van der Waals surface area contributed by atoms with Gasteiger partial charge < -0.3 is 5.11 Å². The van der Waals surface area contributed by atoms with Crippen LogP contribution in [0.2, 0.25) is 0 Å². The SMILES string of the molecule is [2H]C([2H])([2H])C(=O)[C@@]1([2H])CCC2C3CC=C4C[C@@H](O)CC[C@]4(C)C3CC[C@@]21C. The van der Waals surface area contributed by atoms with Crippen LogP contribution in [0, 0.1) is 34.5 Å². The third-order valence-electron chi connectivity index (χ3n) is 8.14. The van der Waals surface area contributed by atoms with E-state index in [0.29, 0.717) is 18.3 Å². The van der Waals surface area contributed by atoms with E-state index in [9.17, 15) is 9.90 Å². The Balaban J connectivity index is 1.68. The number of ketones is 1. The Morgan fingerprint density at radius 1 is 1.26 bits per heavy atom. The lowest BCUT2D eigenvalue weighted by atomic mass is 9.47. The highest BCUT2D eigenvalue weighted by Crippen LogP contribution is 2.66. The Bertz CT molecular complexity index is 686. The zero-order valence-electron chi connectivity index (χ0n) is 18.4. The molecule has 4 aliphatic carbocycles. The lowest BCUT2D eigenvalue weighted by Crippen LogP contribution is -2.50. The van der Waals surface area contributed by atoms with Crippen molar-refractivity contribution in [3.05, 3.63) is 11.6 Å². The minimum atomic E-state index is -2.69. The topological polar surface area (TPSA) is 37.3 Å². The molecule has 23 heavy (non-hydrogen) atoms. The first kappa shape index (κ1) is 11.8. The normalized spacial score (nSPS) is 58.5. The van der Waals surface area contributed by atoms with E-state index in [2.05, 4.69) is 13.0 Å². The Kier molecular flexibility index (Phi) is 2.67. The summed E-state index contributed by atoms with van der Waals surface area (Å²) in [7, 11) is 0. The van der Waals surface area contributed by atoms with Crippen LogP contribution in [0.15, 0.2) is 11.6 Å². The van der Waals surface area contributed by atoms with Crippen LogP contribution >= 0.6 is 0 Å². The Hall–Kier alpha value is -0.630. The van der Waals surface area contributed by atoms with Crippen LogP contribution in [0.4, 0.5) is 0 Å². The number of aliphatic hydroxyl groups is 1. The lowest BCUT2D eigenvalue weighted by molar-refractivity contribution is -0.127. The van der Waals surface area contributed by atoms with Gasteiger partial charge in [0.2, 0.25) is 0 Å². The van der Waals surface area contributed by atoms with E-state index >= 15 is 0 Å². The van der Waals surface area contributed by atoms with E-state index in [1.807, 2.05) is 6.92 Å². The summed E-state index contributed by atoms with van der Waals surface area (Å²) in [6.45, 7) is 1.67. The van der Waals surface area contributed by atoms with Crippen LogP contribution in [-0.4, -0.2) is 17.0 Å². The number of aliphatic hydroxyl groups excluding tert-OH is 1. The molecule has 0 saturated heterocycles. The fourth-order valence-electron chi connectivity index (χ4n) is 6.83. The summed E-state index contributed by atoms with van der Waals surface area (Å²) < 4.78 is 31.8. The van der Waals surface area contributed by atoms with Crippen molar-refractivity contribution >= 4 is 5.78 Å². The van der Waals surface area contributed by atoms with Crippen LogP contribution in [0.5, 0.6) is 0 Å². The van der Waals surface area contributed by atoms with Crippen molar-refractivity contribution < 1.29 is 15.4 Å². The number of carbonyl (C=O) groups excluding carboxylic acids is 1. The van der Waals surface area contributed by atoms with E-state index in [1.165, 1.54) is 5.57 Å². The molecule has 7 atom stereocenters. The van der Waals surface area contributed by atoms with E-state index in [4.69, 9.17) is 5.48 Å². The molecular formula is C21H32O2. The molecule has 0 spiro atoms. The largest absolute Gasteiger partial charge is 0.393 e. The van der Waals surface area contributed by atoms with Crippen molar-refractivity contribution in [3.63, 3.8) is 0 Å². The van der Waals surface area contributed by atoms with Crippen LogP contribution in [0.25, 0.3) is 0 Å². The third-order valence-corrected chi connectivity index (χ3v) is 8.14. The Morgan fingerprint density at radius 2 is 2.09 bits per heavy atom. The molecule has 0 heterocycles. The molecule has 1 N–H and O–H groups in total. The average molecular weight is 321 g/mol. The molecule has 0 aliphatic heterocycles. The first-order valence-electron chi connectivity index (χ1n) is 11.4. The third kappa shape index (κ3) is 2.13. The van der Waals surface area contributed by atoms with Crippen molar-refractivity contribution in [1.29, 1.82) is 0 Å². The summed E-state index contributed by atoms with van der Waals surface area (Å²) in [4.78, 5) is 12.7. The summed E-state index contributed by atoms with van der Waals surface area (Å²) in [6, 6.07) is 0. The maximum Gasteiger partial charge on any atom is 0.133 e. The average Bonchev–Trinajstić information content (AvgIpc) is 2.86. The molecule has 3 saturated carbocycles. The van der Waals surface area contributed by atoms with Gasteiger partial charge in [0, 0.05) is 11.4 Å². The van der Waals surface area contributed by atoms with Crippen LogP contribution < -0.4 is 0 Å². The molecule has 0 aromatic heterocycles. The molecule has 3 fully saturated rings. The van der Waals surface area contributed by atoms with Gasteiger partial charge in [0.25, 0.3) is 0 Å². The molecule has 0 aromatic rings. The molecule has 0 bridgehead atoms. The number of allylic oxidation sites excluding steroid dienone is 1. The van der Waals surface area contributed by atoms with E-state index in [1.54, 1.807) is 0 Å². The molecule has 3 unspecified atom stereocenters. The summed E-state index contributed by atoms with van der Waals surface area (Å²) in [5.74, 6) is -1.15. The molecule has 2 nitrogen and oxygen atoms in total. The molecule has 4 aliphatic rings. The molecule has 4 rings (SSSR count). The predicted molar refractivity (Wildman–Crippen MR) is 91.9 cm³/mol. The maximum absolute atomic E-state index is 12.7. The highest BCUT2D eigenvalue weighted by atomic mass is 16.3. The monoisotopic (exact) mass is 320 g/mol. The highest BCUT2D eigenvalue weighted by molar-refractivity contribution is 5.79. The van der Waals surface area contributed by atoms with Crippen LogP contribution in [-0.2, 0) is 4.79 Å². The number of hydrogen-bond donors (Lipinski definition) is 1. The van der Waals surface area contributed by atoms with Gasteiger partial charge in [-0.15, -0.1) is 0 Å². The van der Waals surface area contributed by atoms with Gasteiger partial charge in [-0.25, -0.2) is 0 Å². The van der Waals surface area contributed by atoms with Gasteiger partial charge >= 0.3 is 0 Å². The molecule has 0 radical (unpaired) electrons. The second kappa shape index (κ2) is 5.18. The Morgan fingerprint density at radius 3 is 2.87 bits per heavy atom. The van der Waals surface area contributed by atoms with Gasteiger partial charge in [0.15, 0.2) is 0 Å². The second-order valence-corrected chi connectivity index (χ2v) is 8.96. The number of fused-ring (bicyclic) bond motifs is 5. The van der Waals surface area contributed by atoms with Gasteiger partial charge in [-0.3, -0.25) is 4.79 Å². The molecule has 0 aromatic carbocycles. The number of hydrogen-bond acceptors (Lipinski definition) is 2. The van der Waals surface area contributed by atoms with Crippen LogP contribution in [0.1, 0.15) is 77.5 Å². The standard InChI is InChI=1S/C21H32O2/c1-13(22)17-6-7-18-16-5-4-14-12-15(23)8-10-20(14,2)19(16)9-11-21(17,18)3/h4,15-19,23H,5-12H2,1-3H3/t15-,16?,17+,18?,19?,20-,21+/m0/s1/i1D3,17D. The fourth-order valence-corrected chi connectivity index (χ4v) is 6.83. The lowest BCUT2D eigenvalue weighted by Gasteiger charge is -2.57. The minimum absolute atomic E-state index is 0.116. The van der Waals surface area contributed by atoms with Crippen molar-refractivity contribution in [2.45, 2.75) is 78.2 Å². The van der Waals surface area contributed by atoms with E-state index in [-0.39, 0.29) is 17.4 Å². The fraction of sp³-hybridized carbons (Fsp3) is 0.857. The van der Waals surface area contributed by atoms with E-state index < -0.39 is 23.9 Å². The minimum Gasteiger partial charge on any atom is -0.393 e. The van der Waals surface area contributed by atoms with Gasteiger partial charge in [0.1, 0.15) is 5.78 Å². The van der Waals surface area contributed by atoms with Gasteiger partial charge in [0.05, 0.1) is 6.10 Å². The maximum atomic E-state index is 12.7. The second-order valence-electron chi connectivity index (χ2n) is 8.96. The van der Waals surface area contributed by atoms with Crippen molar-refractivity contribution in [1.82, 2.24) is 0 Å². The van der Waals surface area contributed by atoms with Crippen molar-refractivity contribution in [3.8, 4) is 0 Å². The highest BCUT2D eigenvalue weighted by Gasteiger charge is 2.59. The van der Waals surface area contributed by atoms with Crippen LogP contribution in [0.3, 0.4) is 0 Å². The summed E-state index contributed by atoms with van der Waals surface area (Å²) in [6.07, 6.45) is 8.55. The quantitative estimate of drug-likeness (QED) is 0.722. The first-order chi connectivity index (χ1) is 12.4. The number of Topliss-reactive ketones (excluding diaryl/α,β-unsaturated/α-hetero) is 1. The smallest absolute Gasteiger partial charge is 0.133 e. The summed E-state index contributed by atoms with van der Waals surface area (Å²) in [5.41, 5.74) is 0.972. The molecule has 0 amide bonds. The zero-order valence-corrected chi connectivity index (χ0v) is 14.4.